The highest BCUT2D eigenvalue weighted by atomic mass is 16.5. The number of fused-ring (bicyclic) bond motifs is 6. The van der Waals surface area contributed by atoms with Gasteiger partial charge in [0.15, 0.2) is 0 Å². The molecule has 0 saturated heterocycles. The maximum absolute atomic E-state index is 6.64. The van der Waals surface area contributed by atoms with Crippen LogP contribution in [0.1, 0.15) is 22.3 Å². The van der Waals surface area contributed by atoms with Crippen LogP contribution in [0, 0.1) is 0 Å². The van der Waals surface area contributed by atoms with Crippen LogP contribution in [-0.2, 0) is 5.41 Å². The van der Waals surface area contributed by atoms with Crippen molar-refractivity contribution in [2.45, 2.75) is 5.41 Å². The summed E-state index contributed by atoms with van der Waals surface area (Å²) < 4.78 is 9.04. The molecule has 0 aliphatic carbocycles. The van der Waals surface area contributed by atoms with Gasteiger partial charge in [-0.25, -0.2) is 0 Å². The molecular formula is C47H31NO. The van der Waals surface area contributed by atoms with Crippen molar-refractivity contribution in [3.63, 3.8) is 0 Å². The van der Waals surface area contributed by atoms with Crippen molar-refractivity contribution in [3.05, 3.63) is 210 Å². The van der Waals surface area contributed by atoms with Gasteiger partial charge in [-0.1, -0.05) is 140 Å². The van der Waals surface area contributed by atoms with Gasteiger partial charge >= 0.3 is 0 Å². The smallest absolute Gasteiger partial charge is 0.132 e. The fourth-order valence-electron chi connectivity index (χ4n) is 8.12. The van der Waals surface area contributed by atoms with E-state index in [1.165, 1.54) is 43.7 Å². The Morgan fingerprint density at radius 1 is 0.388 bits per heavy atom. The quantitative estimate of drug-likeness (QED) is 0.190. The van der Waals surface area contributed by atoms with Gasteiger partial charge in [0.25, 0.3) is 0 Å². The summed E-state index contributed by atoms with van der Waals surface area (Å²) in [4.78, 5) is 0. The minimum Gasteiger partial charge on any atom is -0.457 e. The van der Waals surface area contributed by atoms with E-state index in [1.807, 2.05) is 0 Å². The highest BCUT2D eigenvalue weighted by molar-refractivity contribution is 6.13. The van der Waals surface area contributed by atoms with E-state index in [0.717, 1.165) is 39.4 Å². The molecule has 0 bridgehead atoms. The van der Waals surface area contributed by atoms with Gasteiger partial charge in [0.05, 0.1) is 16.4 Å². The van der Waals surface area contributed by atoms with E-state index in [0.29, 0.717) is 0 Å². The second kappa shape index (κ2) is 10.8. The van der Waals surface area contributed by atoms with Gasteiger partial charge < -0.3 is 9.30 Å². The van der Waals surface area contributed by atoms with Gasteiger partial charge in [-0.2, -0.15) is 0 Å². The fourth-order valence-corrected chi connectivity index (χ4v) is 8.12. The molecule has 0 radical (unpaired) electrons. The molecular weight excluding hydrogens is 595 g/mol. The molecule has 0 atom stereocenters. The van der Waals surface area contributed by atoms with E-state index in [4.69, 9.17) is 4.74 Å². The second-order valence-corrected chi connectivity index (χ2v) is 12.9. The van der Waals surface area contributed by atoms with Crippen LogP contribution in [0.4, 0.5) is 0 Å². The summed E-state index contributed by atoms with van der Waals surface area (Å²) in [6.45, 7) is 0. The van der Waals surface area contributed by atoms with E-state index in [9.17, 15) is 0 Å². The molecule has 10 rings (SSSR count). The van der Waals surface area contributed by atoms with Crippen molar-refractivity contribution in [2.75, 3.05) is 0 Å². The molecule has 2 heterocycles. The number of benzene rings is 8. The summed E-state index contributed by atoms with van der Waals surface area (Å²) in [6.07, 6.45) is 0. The van der Waals surface area contributed by atoms with Crippen LogP contribution in [0.2, 0.25) is 0 Å². The van der Waals surface area contributed by atoms with Crippen molar-refractivity contribution in [3.8, 4) is 28.3 Å². The third kappa shape index (κ3) is 4.14. The Kier molecular flexibility index (Phi) is 6.13. The number of rotatable bonds is 4. The van der Waals surface area contributed by atoms with Crippen molar-refractivity contribution >= 4 is 32.6 Å². The van der Waals surface area contributed by atoms with Crippen molar-refractivity contribution in [2.24, 2.45) is 0 Å². The Hall–Kier alpha value is -6.38. The lowest BCUT2D eigenvalue weighted by Gasteiger charge is -2.41. The first-order chi connectivity index (χ1) is 24.3. The van der Waals surface area contributed by atoms with Gasteiger partial charge in [0, 0.05) is 27.6 Å². The SMILES string of the molecule is c1ccc(C2(c3ccccc3)c3ccccc3Oc3ccc(-c4ccc(-n5c6ccccc6c6cc7ccccc7cc65)cc4)cc32)cc1. The predicted molar refractivity (Wildman–Crippen MR) is 202 cm³/mol. The van der Waals surface area contributed by atoms with E-state index in [1.54, 1.807) is 0 Å². The number of ether oxygens (including phenoxy) is 1. The van der Waals surface area contributed by atoms with E-state index >= 15 is 0 Å². The first kappa shape index (κ1) is 27.7. The lowest BCUT2D eigenvalue weighted by atomic mass is 9.63. The fraction of sp³-hybridized carbons (Fsp3) is 0.0213. The zero-order chi connectivity index (χ0) is 32.4. The number of para-hydroxylation sites is 2. The molecule has 0 spiro atoms. The molecule has 0 N–H and O–H groups in total. The average Bonchev–Trinajstić information content (AvgIpc) is 3.49. The normalized spacial score (nSPS) is 13.2. The summed E-state index contributed by atoms with van der Waals surface area (Å²) in [5, 5.41) is 5.04. The van der Waals surface area contributed by atoms with E-state index in [2.05, 4.69) is 193 Å². The molecule has 1 aliphatic rings. The summed E-state index contributed by atoms with van der Waals surface area (Å²) >= 11 is 0. The van der Waals surface area contributed by atoms with Crippen LogP contribution in [0.25, 0.3) is 49.4 Å². The lowest BCUT2D eigenvalue weighted by Crippen LogP contribution is -2.34. The van der Waals surface area contributed by atoms with Crippen LogP contribution >= 0.6 is 0 Å². The molecule has 0 unspecified atom stereocenters. The van der Waals surface area contributed by atoms with Crippen LogP contribution in [0.3, 0.4) is 0 Å². The topological polar surface area (TPSA) is 14.2 Å². The Balaban J connectivity index is 1.15. The van der Waals surface area contributed by atoms with Gasteiger partial charge in [0.1, 0.15) is 11.5 Å². The number of hydrogen-bond acceptors (Lipinski definition) is 1. The zero-order valence-electron chi connectivity index (χ0n) is 26.8. The lowest BCUT2D eigenvalue weighted by molar-refractivity contribution is 0.434. The van der Waals surface area contributed by atoms with Gasteiger partial charge in [0.2, 0.25) is 0 Å². The number of nitrogens with zero attached hydrogens (tertiary/aromatic N) is 1. The average molecular weight is 626 g/mol. The summed E-state index contributed by atoms with van der Waals surface area (Å²) in [5.74, 6) is 1.77. The van der Waals surface area contributed by atoms with Crippen LogP contribution in [0.15, 0.2) is 188 Å². The van der Waals surface area contributed by atoms with Crippen molar-refractivity contribution < 1.29 is 4.74 Å². The van der Waals surface area contributed by atoms with Crippen LogP contribution < -0.4 is 4.74 Å². The van der Waals surface area contributed by atoms with E-state index in [-0.39, 0.29) is 0 Å². The summed E-state index contributed by atoms with van der Waals surface area (Å²) in [5.41, 5.74) is 10.0. The monoisotopic (exact) mass is 625 g/mol. The highest BCUT2D eigenvalue weighted by Crippen LogP contribution is 2.55. The largest absolute Gasteiger partial charge is 0.457 e. The number of aromatic nitrogens is 1. The molecule has 0 saturated carbocycles. The maximum Gasteiger partial charge on any atom is 0.132 e. The Morgan fingerprint density at radius 3 is 1.73 bits per heavy atom. The Bertz CT molecular complexity index is 2630. The molecule has 8 aromatic carbocycles. The third-order valence-electron chi connectivity index (χ3n) is 10.3. The Morgan fingerprint density at radius 2 is 0.980 bits per heavy atom. The molecule has 2 nitrogen and oxygen atoms in total. The van der Waals surface area contributed by atoms with Crippen LogP contribution in [-0.4, -0.2) is 4.57 Å². The Labute approximate surface area is 285 Å². The first-order valence-corrected chi connectivity index (χ1v) is 16.8. The molecule has 0 fully saturated rings. The van der Waals surface area contributed by atoms with Gasteiger partial charge in [-0.15, -0.1) is 0 Å². The molecule has 1 aromatic heterocycles. The van der Waals surface area contributed by atoms with Crippen molar-refractivity contribution in [1.29, 1.82) is 0 Å². The maximum atomic E-state index is 6.64. The van der Waals surface area contributed by atoms with Crippen LogP contribution in [0.5, 0.6) is 11.5 Å². The molecule has 49 heavy (non-hydrogen) atoms. The molecule has 1 aliphatic heterocycles. The number of hydrogen-bond donors (Lipinski definition) is 0. The molecule has 230 valence electrons. The summed E-state index contributed by atoms with van der Waals surface area (Å²) in [7, 11) is 0. The molecule has 2 heteroatoms. The second-order valence-electron chi connectivity index (χ2n) is 12.9. The summed E-state index contributed by atoms with van der Waals surface area (Å²) in [6, 6.07) is 67.9. The third-order valence-corrected chi connectivity index (χ3v) is 10.3. The highest BCUT2D eigenvalue weighted by Gasteiger charge is 2.45. The molecule has 0 amide bonds. The molecule has 9 aromatic rings. The predicted octanol–water partition coefficient (Wildman–Crippen LogP) is 12.1. The first-order valence-electron chi connectivity index (χ1n) is 16.8. The van der Waals surface area contributed by atoms with Crippen molar-refractivity contribution in [1.82, 2.24) is 4.57 Å². The minimum absolute atomic E-state index is 0.547. The minimum atomic E-state index is -0.547. The van der Waals surface area contributed by atoms with Gasteiger partial charge in [-0.3, -0.25) is 0 Å². The van der Waals surface area contributed by atoms with E-state index < -0.39 is 5.41 Å². The van der Waals surface area contributed by atoms with Gasteiger partial charge in [-0.05, 0) is 81.6 Å². The standard InChI is InChI=1S/C47H31NO/c1-3-15-36(16-4-1)47(37-17-5-2-6-18-37)41-20-10-12-22-45(41)49-46-28-25-35(30-42(46)47)32-23-26-38(27-24-32)48-43-21-11-9-19-39(43)40-29-33-13-7-8-14-34(33)31-44(40)48/h1-31H. The zero-order valence-corrected chi connectivity index (χ0v) is 26.8.